The van der Waals surface area contributed by atoms with Gasteiger partial charge in [-0.25, -0.2) is 9.56 Å². The van der Waals surface area contributed by atoms with Crippen molar-refractivity contribution >= 4 is 24.1 Å². The maximum absolute atomic E-state index is 11.2. The minimum absolute atomic E-state index is 0.0368. The van der Waals surface area contributed by atoms with Crippen LogP contribution in [0.25, 0.3) is 0 Å². The van der Waals surface area contributed by atoms with Crippen LogP contribution in [-0.2, 0) is 0 Å². The van der Waals surface area contributed by atoms with Gasteiger partial charge in [-0.2, -0.15) is 0 Å². The lowest BCUT2D eigenvalue weighted by atomic mass is 10.4. The van der Waals surface area contributed by atoms with Gasteiger partial charge in [-0.3, -0.25) is 0 Å². The monoisotopic (exact) mass is 204 g/mol. The smallest absolute Gasteiger partial charge is 0.312 e. The number of aliphatic imine (C=N–C) groups is 1. The summed E-state index contributed by atoms with van der Waals surface area (Å²) in [6, 6.07) is 0. The van der Waals surface area contributed by atoms with Gasteiger partial charge < -0.3 is 10.2 Å². The molecular formula is C9H8N4O2. The molecule has 1 aliphatic rings. The van der Waals surface area contributed by atoms with Crippen LogP contribution in [-0.4, -0.2) is 38.8 Å². The maximum Gasteiger partial charge on any atom is 0.312 e. The van der Waals surface area contributed by atoms with Crippen LogP contribution in [0.3, 0.4) is 0 Å². The lowest BCUT2D eigenvalue weighted by Crippen LogP contribution is -2.02. The third kappa shape index (κ3) is 1.75. The normalized spacial score (nSPS) is 16.5. The molecule has 6 heteroatoms. The first kappa shape index (κ1) is 9.47. The fourth-order valence-corrected chi connectivity index (χ4v) is 1.15. The van der Waals surface area contributed by atoms with E-state index in [1.54, 1.807) is 22.9 Å². The first-order valence-corrected chi connectivity index (χ1v) is 4.28. The van der Waals surface area contributed by atoms with Crippen molar-refractivity contribution < 1.29 is 14.8 Å². The molecule has 6 nitrogen and oxygen atoms in total. The van der Waals surface area contributed by atoms with E-state index < -0.39 is 5.88 Å². The van der Waals surface area contributed by atoms with Crippen LogP contribution < -0.4 is 5.11 Å². The van der Waals surface area contributed by atoms with Crippen LogP contribution in [0.2, 0.25) is 0 Å². The quantitative estimate of drug-likeness (QED) is 0.657. The van der Waals surface area contributed by atoms with E-state index in [4.69, 9.17) is 5.11 Å². The molecule has 2 heterocycles. The van der Waals surface area contributed by atoms with Crippen molar-refractivity contribution in [2.75, 3.05) is 6.61 Å². The zero-order chi connectivity index (χ0) is 10.7. The number of fused-ring (bicyclic) bond motifs is 1. The lowest BCUT2D eigenvalue weighted by Gasteiger charge is -2.00. The molecular weight excluding hydrogens is 196 g/mol. The number of nitrogens with zero attached hydrogens (tertiary/aromatic N) is 4. The van der Waals surface area contributed by atoms with Gasteiger partial charge in [0, 0.05) is 5.88 Å². The highest BCUT2D eigenvalue weighted by atomic mass is 16.3. The van der Waals surface area contributed by atoms with E-state index in [9.17, 15) is 5.11 Å². The van der Waals surface area contributed by atoms with Crippen molar-refractivity contribution in [3.63, 3.8) is 0 Å². The molecule has 76 valence electrons. The summed E-state index contributed by atoms with van der Waals surface area (Å²) in [5.74, 6) is 0.0656. The molecule has 0 saturated carbocycles. The summed E-state index contributed by atoms with van der Waals surface area (Å²) < 4.78 is 1.59. The molecule has 1 aromatic heterocycles. The van der Waals surface area contributed by atoms with E-state index in [2.05, 4.69) is 15.0 Å². The van der Waals surface area contributed by atoms with Gasteiger partial charge in [0.25, 0.3) is 0 Å². The van der Waals surface area contributed by atoms with Gasteiger partial charge in [0.05, 0.1) is 12.8 Å². The average molecular weight is 204 g/mol. The summed E-state index contributed by atoms with van der Waals surface area (Å²) in [5.41, 5.74) is 0.242. The molecule has 0 fully saturated rings. The van der Waals surface area contributed by atoms with Gasteiger partial charge in [-0.15, -0.1) is 4.99 Å². The second kappa shape index (κ2) is 3.97. The standard InChI is InChI=1S/C9H8N4O2/c14-4-2-1-3-13-6-12-7-8(13)10-5-11-9(7)15/h1-3,5-6,14H,4H2/b2-1?,13-3-. The zero-order valence-corrected chi connectivity index (χ0v) is 7.74. The Labute approximate surface area is 85.6 Å². The average Bonchev–Trinajstić information content (AvgIpc) is 2.64. The molecule has 0 radical (unpaired) electrons. The Morgan fingerprint density at radius 1 is 1.47 bits per heavy atom. The number of hydrogen-bond acceptors (Lipinski definition) is 5. The second-order valence-electron chi connectivity index (χ2n) is 2.76. The minimum atomic E-state index is -0.390. The number of hydrogen-bond donors (Lipinski definition) is 1. The Hall–Kier alpha value is -2.08. The van der Waals surface area contributed by atoms with Crippen LogP contribution in [0.4, 0.5) is 11.5 Å². The van der Waals surface area contributed by atoms with Crippen LogP contribution in [0.1, 0.15) is 0 Å². The molecule has 2 rings (SSSR count). The third-order valence-electron chi connectivity index (χ3n) is 1.81. The summed E-state index contributed by atoms with van der Waals surface area (Å²) in [6.07, 6.45) is 7.53. The SMILES string of the molecule is [O-]c1ncnc2c1N=C/[N+]2=C/C=CCO. The maximum atomic E-state index is 11.2. The molecule has 0 unspecified atom stereocenters. The fourth-order valence-electron chi connectivity index (χ4n) is 1.15. The summed E-state index contributed by atoms with van der Waals surface area (Å²) in [4.78, 5) is 11.3. The summed E-state index contributed by atoms with van der Waals surface area (Å²) in [7, 11) is 0. The van der Waals surface area contributed by atoms with Crippen molar-refractivity contribution in [1.82, 2.24) is 9.97 Å². The number of aliphatic hydroxyl groups is 1. The Balaban J connectivity index is 2.37. The van der Waals surface area contributed by atoms with E-state index in [0.29, 0.717) is 5.82 Å². The highest BCUT2D eigenvalue weighted by molar-refractivity contribution is 5.80. The molecule has 1 aliphatic heterocycles. The highest BCUT2D eigenvalue weighted by Gasteiger charge is 2.21. The van der Waals surface area contributed by atoms with Crippen LogP contribution >= 0.6 is 0 Å². The van der Waals surface area contributed by atoms with Crippen LogP contribution in [0, 0.1) is 0 Å². The molecule has 1 N–H and O–H groups in total. The molecule has 0 spiro atoms. The molecule has 0 aliphatic carbocycles. The first-order chi connectivity index (χ1) is 7.33. The molecule has 0 atom stereocenters. The molecule has 0 saturated heterocycles. The van der Waals surface area contributed by atoms with Gasteiger partial charge in [0.1, 0.15) is 0 Å². The Morgan fingerprint density at radius 2 is 2.33 bits per heavy atom. The van der Waals surface area contributed by atoms with Gasteiger partial charge >= 0.3 is 5.82 Å². The third-order valence-corrected chi connectivity index (χ3v) is 1.81. The summed E-state index contributed by atoms with van der Waals surface area (Å²) in [6.45, 7) is -0.0368. The van der Waals surface area contributed by atoms with E-state index in [0.717, 1.165) is 0 Å². The van der Waals surface area contributed by atoms with Gasteiger partial charge in [-0.1, -0.05) is 11.1 Å². The Kier molecular flexibility index (Phi) is 2.51. The van der Waals surface area contributed by atoms with E-state index >= 15 is 0 Å². The highest BCUT2D eigenvalue weighted by Crippen LogP contribution is 2.33. The number of aromatic nitrogens is 2. The lowest BCUT2D eigenvalue weighted by molar-refractivity contribution is -0.291. The summed E-state index contributed by atoms with van der Waals surface area (Å²) >= 11 is 0. The summed E-state index contributed by atoms with van der Waals surface area (Å²) in [5, 5.41) is 19.8. The predicted molar refractivity (Wildman–Crippen MR) is 51.8 cm³/mol. The number of aliphatic hydroxyl groups excluding tert-OH is 1. The molecule has 15 heavy (non-hydrogen) atoms. The van der Waals surface area contributed by atoms with Crippen molar-refractivity contribution in [1.29, 1.82) is 0 Å². The molecule has 0 amide bonds. The second-order valence-corrected chi connectivity index (χ2v) is 2.76. The molecule has 1 aromatic rings. The molecule has 0 aromatic carbocycles. The van der Waals surface area contributed by atoms with E-state index in [1.165, 1.54) is 12.7 Å². The zero-order valence-electron chi connectivity index (χ0n) is 7.74. The van der Waals surface area contributed by atoms with Crippen molar-refractivity contribution in [2.24, 2.45) is 4.99 Å². The molecule has 0 bridgehead atoms. The minimum Gasteiger partial charge on any atom is -0.856 e. The van der Waals surface area contributed by atoms with Crippen LogP contribution in [0.15, 0.2) is 23.5 Å². The van der Waals surface area contributed by atoms with Gasteiger partial charge in [0.15, 0.2) is 6.33 Å². The van der Waals surface area contributed by atoms with Crippen molar-refractivity contribution in [3.8, 4) is 5.88 Å². The predicted octanol–water partition coefficient (Wildman–Crippen LogP) is -0.513. The number of rotatable bonds is 2. The Bertz CT molecular complexity index is 465. The van der Waals surface area contributed by atoms with Crippen molar-refractivity contribution in [2.45, 2.75) is 0 Å². The Morgan fingerprint density at radius 3 is 3.13 bits per heavy atom. The number of allylic oxidation sites excluding steroid dienone is 1. The van der Waals surface area contributed by atoms with Gasteiger partial charge in [-0.05, 0) is 6.08 Å². The van der Waals surface area contributed by atoms with Gasteiger partial charge in [0.2, 0.25) is 12.0 Å². The van der Waals surface area contributed by atoms with Crippen molar-refractivity contribution in [3.05, 3.63) is 18.5 Å². The van der Waals surface area contributed by atoms with Crippen LogP contribution in [0.5, 0.6) is 5.88 Å². The fraction of sp³-hybridized carbons (Fsp3) is 0.111. The first-order valence-electron chi connectivity index (χ1n) is 4.28. The topological polar surface area (TPSA) is 84.4 Å². The van der Waals surface area contributed by atoms with E-state index in [1.807, 2.05) is 0 Å². The van der Waals surface area contributed by atoms with E-state index in [-0.39, 0.29) is 12.3 Å². The largest absolute Gasteiger partial charge is 0.856 e.